The summed E-state index contributed by atoms with van der Waals surface area (Å²) in [4.78, 5) is 16.9. The van der Waals surface area contributed by atoms with Crippen molar-refractivity contribution < 1.29 is 0 Å². The molecule has 0 bridgehead atoms. The highest BCUT2D eigenvalue weighted by Crippen LogP contribution is 2.25. The van der Waals surface area contributed by atoms with Gasteiger partial charge in [0, 0.05) is 47.6 Å². The van der Waals surface area contributed by atoms with Gasteiger partial charge in [0.05, 0.1) is 5.52 Å². The average Bonchev–Trinajstić information content (AvgIpc) is 3.00. The number of imidazole rings is 1. The first kappa shape index (κ1) is 15.7. The lowest BCUT2D eigenvalue weighted by atomic mass is 10.2. The molecule has 1 N–H and O–H groups in total. The fourth-order valence-corrected chi connectivity index (χ4v) is 3.47. The summed E-state index contributed by atoms with van der Waals surface area (Å²) < 4.78 is 0.950. The maximum Gasteiger partial charge on any atom is 0.205 e. The van der Waals surface area contributed by atoms with E-state index in [4.69, 9.17) is 11.6 Å². The molecule has 5 nitrogen and oxygen atoms in total. The highest BCUT2D eigenvalue weighted by atomic mass is 79.9. The number of aryl methyl sites for hydroxylation is 1. The van der Waals surface area contributed by atoms with Crippen LogP contribution in [0.1, 0.15) is 5.56 Å². The number of hydrogen-bond donors (Lipinski definition) is 1. The number of fused-ring (bicyclic) bond motifs is 1. The lowest BCUT2D eigenvalue weighted by Crippen LogP contribution is -2.47. The predicted octanol–water partition coefficient (Wildman–Crippen LogP) is 4.01. The lowest BCUT2D eigenvalue weighted by Gasteiger charge is -2.36. The minimum atomic E-state index is 0.751. The summed E-state index contributed by atoms with van der Waals surface area (Å²) in [7, 11) is 0. The lowest BCUT2D eigenvalue weighted by molar-refractivity contribution is 0.643. The van der Waals surface area contributed by atoms with Gasteiger partial charge in [0.1, 0.15) is 0 Å². The van der Waals surface area contributed by atoms with Gasteiger partial charge >= 0.3 is 0 Å². The van der Waals surface area contributed by atoms with Gasteiger partial charge in [-0.25, -0.2) is 4.98 Å². The first-order valence-corrected chi connectivity index (χ1v) is 9.04. The monoisotopic (exact) mass is 405 g/mol. The molecule has 1 aliphatic rings. The Morgan fingerprint density at radius 1 is 1.12 bits per heavy atom. The SMILES string of the molecule is Cc1ccc(N2CCN(c3nc4ncc(Br)cc4[nH]3)CC2)cc1Cl. The molecule has 24 heavy (non-hydrogen) atoms. The third-order valence-corrected chi connectivity index (χ3v) is 5.23. The van der Waals surface area contributed by atoms with E-state index < -0.39 is 0 Å². The van der Waals surface area contributed by atoms with Crippen LogP contribution in [0.4, 0.5) is 11.6 Å². The number of pyridine rings is 1. The summed E-state index contributed by atoms with van der Waals surface area (Å²) >= 11 is 9.69. The molecule has 0 amide bonds. The van der Waals surface area contributed by atoms with Crippen LogP contribution < -0.4 is 9.80 Å². The zero-order chi connectivity index (χ0) is 16.7. The third-order valence-electron chi connectivity index (χ3n) is 4.39. The largest absolute Gasteiger partial charge is 0.368 e. The van der Waals surface area contributed by atoms with Crippen LogP contribution in [-0.2, 0) is 0 Å². The fraction of sp³-hybridized carbons (Fsp3) is 0.294. The zero-order valence-corrected chi connectivity index (χ0v) is 15.6. The summed E-state index contributed by atoms with van der Waals surface area (Å²) in [6, 6.07) is 8.27. The summed E-state index contributed by atoms with van der Waals surface area (Å²) in [5.74, 6) is 0.886. The van der Waals surface area contributed by atoms with E-state index in [2.05, 4.69) is 58.9 Å². The molecule has 3 heterocycles. The van der Waals surface area contributed by atoms with Crippen LogP contribution in [0.3, 0.4) is 0 Å². The predicted molar refractivity (Wildman–Crippen MR) is 102 cm³/mol. The summed E-state index contributed by atoms with van der Waals surface area (Å²) in [6.07, 6.45) is 1.77. The van der Waals surface area contributed by atoms with E-state index in [0.717, 1.165) is 58.4 Å². The Morgan fingerprint density at radius 2 is 1.88 bits per heavy atom. The van der Waals surface area contributed by atoms with Gasteiger partial charge in [0.25, 0.3) is 0 Å². The third kappa shape index (κ3) is 2.96. The van der Waals surface area contributed by atoms with Crippen LogP contribution in [0.5, 0.6) is 0 Å². The molecule has 1 saturated heterocycles. The van der Waals surface area contributed by atoms with E-state index in [1.807, 2.05) is 13.0 Å². The van der Waals surface area contributed by atoms with Gasteiger partial charge in [-0.15, -0.1) is 0 Å². The van der Waals surface area contributed by atoms with Crippen molar-refractivity contribution in [3.8, 4) is 0 Å². The number of anilines is 2. The van der Waals surface area contributed by atoms with Crippen molar-refractivity contribution in [3.05, 3.63) is 45.5 Å². The number of rotatable bonds is 2. The average molecular weight is 407 g/mol. The van der Waals surface area contributed by atoms with Gasteiger partial charge in [-0.2, -0.15) is 4.98 Å². The molecule has 1 aromatic carbocycles. The number of hydrogen-bond acceptors (Lipinski definition) is 4. The molecule has 0 spiro atoms. The van der Waals surface area contributed by atoms with Crippen molar-refractivity contribution >= 4 is 50.3 Å². The number of aromatic amines is 1. The summed E-state index contributed by atoms with van der Waals surface area (Å²) in [5.41, 5.74) is 3.99. The van der Waals surface area contributed by atoms with Crippen LogP contribution in [-0.4, -0.2) is 41.1 Å². The standard InChI is InChI=1S/C17H17BrClN5/c1-11-2-3-13(9-14(11)19)23-4-6-24(7-5-23)17-21-15-8-12(18)10-20-16(15)22-17/h2-3,8-10H,4-7H2,1H3,(H,20,21,22). The van der Waals surface area contributed by atoms with Gasteiger partial charge < -0.3 is 14.8 Å². The van der Waals surface area contributed by atoms with Gasteiger partial charge in [-0.1, -0.05) is 17.7 Å². The Morgan fingerprint density at radius 3 is 2.62 bits per heavy atom. The van der Waals surface area contributed by atoms with Crippen LogP contribution in [0, 0.1) is 6.92 Å². The minimum absolute atomic E-state index is 0.751. The van der Waals surface area contributed by atoms with E-state index in [1.165, 1.54) is 5.69 Å². The highest BCUT2D eigenvalue weighted by molar-refractivity contribution is 9.10. The molecule has 0 radical (unpaired) electrons. The number of halogens is 2. The molecule has 0 unspecified atom stereocenters. The number of aromatic nitrogens is 3. The van der Waals surface area contributed by atoms with E-state index in [-0.39, 0.29) is 0 Å². The number of H-pyrrole nitrogens is 1. The van der Waals surface area contributed by atoms with E-state index in [9.17, 15) is 0 Å². The molecule has 124 valence electrons. The quantitative estimate of drug-likeness (QED) is 0.698. The van der Waals surface area contributed by atoms with Gasteiger partial charge in [-0.05, 0) is 46.6 Å². The second-order valence-corrected chi connectivity index (χ2v) is 7.32. The number of nitrogens with one attached hydrogen (secondary N) is 1. The second-order valence-electron chi connectivity index (χ2n) is 5.99. The van der Waals surface area contributed by atoms with Crippen LogP contribution in [0.25, 0.3) is 11.2 Å². The number of benzene rings is 1. The Labute approximate surface area is 153 Å². The maximum absolute atomic E-state index is 6.25. The first-order valence-electron chi connectivity index (χ1n) is 7.87. The maximum atomic E-state index is 6.25. The van der Waals surface area contributed by atoms with Crippen molar-refractivity contribution in [3.63, 3.8) is 0 Å². The minimum Gasteiger partial charge on any atom is -0.368 e. The molecule has 3 aromatic rings. The Bertz CT molecular complexity index is 886. The Hall–Kier alpha value is -1.79. The van der Waals surface area contributed by atoms with Gasteiger partial charge in [0.2, 0.25) is 5.95 Å². The highest BCUT2D eigenvalue weighted by Gasteiger charge is 2.20. The van der Waals surface area contributed by atoms with Crippen molar-refractivity contribution in [2.24, 2.45) is 0 Å². The molecule has 7 heteroatoms. The normalized spacial score (nSPS) is 15.3. The Kier molecular flexibility index (Phi) is 4.10. The zero-order valence-electron chi connectivity index (χ0n) is 13.3. The molecular formula is C17H17BrClN5. The number of piperazine rings is 1. The molecule has 1 fully saturated rings. The second kappa shape index (κ2) is 6.26. The van der Waals surface area contributed by atoms with Gasteiger partial charge in [-0.3, -0.25) is 0 Å². The van der Waals surface area contributed by atoms with Crippen LogP contribution in [0.15, 0.2) is 34.9 Å². The van der Waals surface area contributed by atoms with E-state index >= 15 is 0 Å². The van der Waals surface area contributed by atoms with Crippen molar-refractivity contribution in [2.75, 3.05) is 36.0 Å². The van der Waals surface area contributed by atoms with Crippen LogP contribution in [0.2, 0.25) is 5.02 Å². The molecule has 4 rings (SSSR count). The summed E-state index contributed by atoms with van der Waals surface area (Å²) in [6.45, 7) is 5.72. The summed E-state index contributed by atoms with van der Waals surface area (Å²) in [5, 5.41) is 0.823. The van der Waals surface area contributed by atoms with Crippen molar-refractivity contribution in [1.29, 1.82) is 0 Å². The smallest absolute Gasteiger partial charge is 0.205 e. The molecule has 0 aliphatic carbocycles. The van der Waals surface area contributed by atoms with Crippen molar-refractivity contribution in [1.82, 2.24) is 15.0 Å². The van der Waals surface area contributed by atoms with Crippen LogP contribution >= 0.6 is 27.5 Å². The first-order chi connectivity index (χ1) is 11.6. The molecular weight excluding hydrogens is 390 g/mol. The molecule has 1 aliphatic heterocycles. The topological polar surface area (TPSA) is 48.1 Å². The van der Waals surface area contributed by atoms with E-state index in [1.54, 1.807) is 6.20 Å². The molecule has 0 saturated carbocycles. The van der Waals surface area contributed by atoms with Gasteiger partial charge in [0.15, 0.2) is 5.65 Å². The Balaban J connectivity index is 1.49. The number of nitrogens with zero attached hydrogens (tertiary/aromatic N) is 4. The molecule has 0 atom stereocenters. The van der Waals surface area contributed by atoms with E-state index in [0.29, 0.717) is 0 Å². The fourth-order valence-electron chi connectivity index (χ4n) is 2.97. The molecule has 2 aromatic heterocycles. The van der Waals surface area contributed by atoms with Crippen molar-refractivity contribution in [2.45, 2.75) is 6.92 Å².